The fourth-order valence-electron chi connectivity index (χ4n) is 7.58. The predicted molar refractivity (Wildman–Crippen MR) is 228 cm³/mol. The van der Waals surface area contributed by atoms with Gasteiger partial charge in [-0.15, -0.1) is 0 Å². The minimum absolute atomic E-state index is 0.881. The molecule has 54 heavy (non-hydrogen) atoms. The molecular formula is C52H35NO. The first kappa shape index (κ1) is 31.6. The van der Waals surface area contributed by atoms with Crippen LogP contribution in [-0.2, 0) is 0 Å². The molecule has 0 amide bonds. The number of furan rings is 1. The molecule has 2 nitrogen and oxygen atoms in total. The normalized spacial score (nSPS) is 11.3. The van der Waals surface area contributed by atoms with Crippen LogP contribution in [0, 0.1) is 0 Å². The second-order valence-corrected chi connectivity index (χ2v) is 13.8. The predicted octanol–water partition coefficient (Wildman–Crippen LogP) is 14.9. The lowest BCUT2D eigenvalue weighted by molar-refractivity contribution is 0.631. The highest BCUT2D eigenvalue weighted by Crippen LogP contribution is 2.39. The molecule has 0 aliphatic carbocycles. The van der Waals surface area contributed by atoms with E-state index in [4.69, 9.17) is 4.42 Å². The third-order valence-electron chi connectivity index (χ3n) is 10.4. The van der Waals surface area contributed by atoms with E-state index in [0.717, 1.165) is 44.9 Å². The molecule has 9 aromatic carbocycles. The molecule has 0 aliphatic rings. The monoisotopic (exact) mass is 689 g/mol. The van der Waals surface area contributed by atoms with E-state index >= 15 is 0 Å². The van der Waals surface area contributed by atoms with Gasteiger partial charge in [-0.2, -0.15) is 0 Å². The van der Waals surface area contributed by atoms with Gasteiger partial charge in [0.15, 0.2) is 0 Å². The van der Waals surface area contributed by atoms with Gasteiger partial charge in [0.05, 0.1) is 0 Å². The van der Waals surface area contributed by atoms with Crippen LogP contribution in [-0.4, -0.2) is 0 Å². The molecule has 0 atom stereocenters. The molecule has 0 radical (unpaired) electrons. The number of hydrogen-bond donors (Lipinski definition) is 0. The number of hydrogen-bond acceptors (Lipinski definition) is 2. The maximum Gasteiger partial charge on any atom is 0.135 e. The van der Waals surface area contributed by atoms with E-state index < -0.39 is 0 Å². The highest BCUT2D eigenvalue weighted by molar-refractivity contribution is 5.94. The van der Waals surface area contributed by atoms with Crippen molar-refractivity contribution in [3.63, 3.8) is 0 Å². The molecule has 0 aliphatic heterocycles. The van der Waals surface area contributed by atoms with Crippen molar-refractivity contribution >= 4 is 49.6 Å². The maximum atomic E-state index is 6.19. The van der Waals surface area contributed by atoms with Crippen molar-refractivity contribution in [2.24, 2.45) is 0 Å². The first-order chi connectivity index (χ1) is 26.7. The fraction of sp³-hybridized carbons (Fsp3) is 0. The van der Waals surface area contributed by atoms with Crippen LogP contribution >= 0.6 is 0 Å². The minimum Gasteiger partial charge on any atom is -0.456 e. The van der Waals surface area contributed by atoms with Crippen molar-refractivity contribution in [3.8, 4) is 44.7 Å². The van der Waals surface area contributed by atoms with Gasteiger partial charge in [-0.3, -0.25) is 0 Å². The number of nitrogens with zero attached hydrogens (tertiary/aromatic N) is 1. The molecule has 0 N–H and O–H groups in total. The van der Waals surface area contributed by atoms with Gasteiger partial charge in [0.2, 0.25) is 0 Å². The zero-order valence-corrected chi connectivity index (χ0v) is 29.6. The summed E-state index contributed by atoms with van der Waals surface area (Å²) in [6, 6.07) is 76.0. The van der Waals surface area contributed by atoms with Crippen molar-refractivity contribution in [3.05, 3.63) is 212 Å². The summed E-state index contributed by atoms with van der Waals surface area (Å²) in [4.78, 5) is 2.36. The zero-order valence-electron chi connectivity index (χ0n) is 29.6. The molecule has 1 aromatic heterocycles. The SMILES string of the molecule is c1ccc(-c2ccc(-c3ccc(N(c4ccc5ccccc5c4)c4ccc5cc(-c6cccc(-c7cc8ccccc8o7)c6)ccc5c4)cc3)cc2)cc1. The van der Waals surface area contributed by atoms with Crippen molar-refractivity contribution in [2.45, 2.75) is 0 Å². The molecule has 10 aromatic rings. The number of rotatable bonds is 7. The molecule has 0 saturated heterocycles. The Kier molecular flexibility index (Phi) is 7.85. The summed E-state index contributed by atoms with van der Waals surface area (Å²) in [6.45, 7) is 0. The summed E-state index contributed by atoms with van der Waals surface area (Å²) in [5.41, 5.74) is 12.5. The van der Waals surface area contributed by atoms with Gasteiger partial charge in [-0.25, -0.2) is 0 Å². The van der Waals surface area contributed by atoms with Crippen molar-refractivity contribution in [1.82, 2.24) is 0 Å². The Hall–Kier alpha value is -7.16. The van der Waals surface area contributed by atoms with E-state index in [9.17, 15) is 0 Å². The molecule has 254 valence electrons. The van der Waals surface area contributed by atoms with Crippen molar-refractivity contribution in [2.75, 3.05) is 4.90 Å². The fourth-order valence-corrected chi connectivity index (χ4v) is 7.58. The second kappa shape index (κ2) is 13.4. The largest absolute Gasteiger partial charge is 0.456 e. The third kappa shape index (κ3) is 6.00. The van der Waals surface area contributed by atoms with E-state index in [0.29, 0.717) is 0 Å². The van der Waals surface area contributed by atoms with Crippen LogP contribution in [0.2, 0.25) is 0 Å². The smallest absolute Gasteiger partial charge is 0.135 e. The van der Waals surface area contributed by atoms with E-state index in [-0.39, 0.29) is 0 Å². The Morgan fingerprint density at radius 2 is 0.722 bits per heavy atom. The summed E-state index contributed by atoms with van der Waals surface area (Å²) in [5, 5.41) is 5.93. The van der Waals surface area contributed by atoms with Crippen LogP contribution < -0.4 is 4.90 Å². The number of benzene rings is 9. The first-order valence-electron chi connectivity index (χ1n) is 18.4. The van der Waals surface area contributed by atoms with Crippen LogP contribution in [0.5, 0.6) is 0 Å². The average molecular weight is 690 g/mol. The topological polar surface area (TPSA) is 16.4 Å². The molecule has 0 fully saturated rings. The summed E-state index contributed by atoms with van der Waals surface area (Å²) in [5.74, 6) is 0.881. The van der Waals surface area contributed by atoms with Gasteiger partial charge in [0.1, 0.15) is 11.3 Å². The lowest BCUT2D eigenvalue weighted by atomic mass is 9.98. The van der Waals surface area contributed by atoms with Crippen LogP contribution in [0.15, 0.2) is 217 Å². The van der Waals surface area contributed by atoms with Gasteiger partial charge in [0, 0.05) is 28.0 Å². The Morgan fingerprint density at radius 3 is 1.44 bits per heavy atom. The van der Waals surface area contributed by atoms with Gasteiger partial charge < -0.3 is 9.32 Å². The molecule has 2 heteroatoms. The van der Waals surface area contributed by atoms with E-state index in [1.807, 2.05) is 18.2 Å². The zero-order chi connectivity index (χ0) is 35.8. The molecule has 0 bridgehead atoms. The van der Waals surface area contributed by atoms with E-state index in [1.165, 1.54) is 49.4 Å². The quantitative estimate of drug-likeness (QED) is 0.166. The van der Waals surface area contributed by atoms with Crippen LogP contribution in [0.25, 0.3) is 77.2 Å². The van der Waals surface area contributed by atoms with Crippen LogP contribution in [0.3, 0.4) is 0 Å². The Labute approximate surface area is 314 Å². The van der Waals surface area contributed by atoms with E-state index in [1.54, 1.807) is 0 Å². The van der Waals surface area contributed by atoms with Crippen LogP contribution in [0.1, 0.15) is 0 Å². The summed E-state index contributed by atoms with van der Waals surface area (Å²) in [7, 11) is 0. The Balaban J connectivity index is 0.995. The molecule has 10 rings (SSSR count). The first-order valence-corrected chi connectivity index (χ1v) is 18.4. The van der Waals surface area contributed by atoms with Crippen molar-refractivity contribution in [1.29, 1.82) is 0 Å². The number of para-hydroxylation sites is 1. The lowest BCUT2D eigenvalue weighted by Crippen LogP contribution is -2.09. The Morgan fingerprint density at radius 1 is 0.259 bits per heavy atom. The third-order valence-corrected chi connectivity index (χ3v) is 10.4. The second-order valence-electron chi connectivity index (χ2n) is 13.8. The van der Waals surface area contributed by atoms with Crippen LogP contribution in [0.4, 0.5) is 17.1 Å². The summed E-state index contributed by atoms with van der Waals surface area (Å²) in [6.07, 6.45) is 0. The number of anilines is 3. The lowest BCUT2D eigenvalue weighted by Gasteiger charge is -2.26. The van der Waals surface area contributed by atoms with Gasteiger partial charge in [0.25, 0.3) is 0 Å². The highest BCUT2D eigenvalue weighted by Gasteiger charge is 2.15. The summed E-state index contributed by atoms with van der Waals surface area (Å²) >= 11 is 0. The molecule has 0 spiro atoms. The van der Waals surface area contributed by atoms with Gasteiger partial charge in [-0.05, 0) is 116 Å². The molecule has 0 saturated carbocycles. The summed E-state index contributed by atoms with van der Waals surface area (Å²) < 4.78 is 6.19. The molecule has 0 unspecified atom stereocenters. The van der Waals surface area contributed by atoms with Gasteiger partial charge in [-0.1, -0.05) is 152 Å². The highest BCUT2D eigenvalue weighted by atomic mass is 16.3. The van der Waals surface area contributed by atoms with Gasteiger partial charge >= 0.3 is 0 Å². The Bertz CT molecular complexity index is 2890. The standard InChI is InChI=1S/C52H35NO/c1-2-9-36(10-3-1)38-17-19-39(20-18-38)40-23-27-48(28-24-40)53(49-29-25-37-11-4-5-12-42(37)33-49)50-30-26-44-31-43(21-22-45(44)34-50)41-14-8-15-46(32-41)52-35-47-13-6-7-16-51(47)54-52/h1-35H. The van der Waals surface area contributed by atoms with Crippen molar-refractivity contribution < 1.29 is 4.42 Å². The average Bonchev–Trinajstić information content (AvgIpc) is 3.69. The number of fused-ring (bicyclic) bond motifs is 3. The minimum atomic E-state index is 0.881. The molecule has 1 heterocycles. The molecular weight excluding hydrogens is 655 g/mol. The maximum absolute atomic E-state index is 6.19. The van der Waals surface area contributed by atoms with E-state index in [2.05, 4.69) is 199 Å².